The van der Waals surface area contributed by atoms with Crippen LogP contribution in [0.4, 0.5) is 14.5 Å². The molecule has 3 N–H and O–H groups in total. The molecule has 180 valence electrons. The number of amidine groups is 1. The van der Waals surface area contributed by atoms with Gasteiger partial charge in [0.2, 0.25) is 0 Å². The van der Waals surface area contributed by atoms with Crippen LogP contribution in [0.1, 0.15) is 31.6 Å². The number of nitrogens with two attached hydrogens (primary N) is 1. The van der Waals surface area contributed by atoms with Crippen molar-refractivity contribution in [2.75, 3.05) is 11.9 Å². The predicted octanol–water partition coefficient (Wildman–Crippen LogP) is 5.44. The molecular weight excluding hydrogens is 450 g/mol. The van der Waals surface area contributed by atoms with E-state index in [1.807, 2.05) is 30.3 Å². The van der Waals surface area contributed by atoms with Gasteiger partial charge in [0.15, 0.2) is 23.2 Å². The van der Waals surface area contributed by atoms with Crippen LogP contribution in [0.5, 0.6) is 0 Å². The number of aromatic nitrogens is 1. The Hall–Kier alpha value is -4.27. The lowest BCUT2D eigenvalue weighted by Gasteiger charge is -2.21. The van der Waals surface area contributed by atoms with Crippen molar-refractivity contribution < 1.29 is 13.3 Å². The first-order valence-corrected chi connectivity index (χ1v) is 11.2. The molecule has 9 heteroatoms. The van der Waals surface area contributed by atoms with E-state index < -0.39 is 11.6 Å². The summed E-state index contributed by atoms with van der Waals surface area (Å²) in [4.78, 5) is 4.43. The summed E-state index contributed by atoms with van der Waals surface area (Å²) >= 11 is 0. The molecule has 3 aromatic rings. The minimum absolute atomic E-state index is 0.0575. The maximum Gasteiger partial charge on any atom is 0.167 e. The molecule has 0 spiro atoms. The van der Waals surface area contributed by atoms with Gasteiger partial charge in [-0.05, 0) is 37.6 Å². The molecule has 4 rings (SSSR count). The van der Waals surface area contributed by atoms with Gasteiger partial charge in [-0.15, -0.1) is 0 Å². The average molecular weight is 477 g/mol. The molecule has 2 heterocycles. The van der Waals surface area contributed by atoms with Crippen molar-refractivity contribution in [1.82, 2.24) is 10.2 Å². The largest absolute Gasteiger partial charge is 0.385 e. The van der Waals surface area contributed by atoms with Crippen LogP contribution in [0.2, 0.25) is 0 Å². The molecule has 0 atom stereocenters. The van der Waals surface area contributed by atoms with Crippen LogP contribution in [-0.4, -0.2) is 28.3 Å². The third-order valence-corrected chi connectivity index (χ3v) is 5.39. The number of aliphatic imine (C=N–C) groups is 1. The molecule has 1 aliphatic rings. The highest BCUT2D eigenvalue weighted by atomic mass is 19.2. The van der Waals surface area contributed by atoms with Gasteiger partial charge < -0.3 is 15.6 Å². The van der Waals surface area contributed by atoms with Crippen LogP contribution in [0, 0.1) is 11.6 Å². The first kappa shape index (κ1) is 23.9. The normalized spacial score (nSPS) is 14.1. The summed E-state index contributed by atoms with van der Waals surface area (Å²) in [5.74, 6) is -1.18. The number of rotatable bonds is 8. The van der Waals surface area contributed by atoms with Crippen molar-refractivity contribution in [2.24, 2.45) is 15.8 Å². The Morgan fingerprint density at radius 1 is 1.20 bits per heavy atom. The van der Waals surface area contributed by atoms with E-state index in [-0.39, 0.29) is 23.7 Å². The molecule has 7 nitrogen and oxygen atoms in total. The summed E-state index contributed by atoms with van der Waals surface area (Å²) in [6.07, 6.45) is 2.67. The van der Waals surface area contributed by atoms with Gasteiger partial charge in [0.25, 0.3) is 0 Å². The zero-order chi connectivity index (χ0) is 24.9. The van der Waals surface area contributed by atoms with Gasteiger partial charge in [0, 0.05) is 40.7 Å². The summed E-state index contributed by atoms with van der Waals surface area (Å²) in [5, 5.41) is 13.3. The minimum atomic E-state index is -0.961. The molecule has 0 amide bonds. The van der Waals surface area contributed by atoms with Crippen molar-refractivity contribution in [3.63, 3.8) is 0 Å². The molecule has 0 saturated carbocycles. The summed E-state index contributed by atoms with van der Waals surface area (Å²) in [6.45, 7) is 8.76. The van der Waals surface area contributed by atoms with Crippen LogP contribution >= 0.6 is 0 Å². The Balaban J connectivity index is 1.52. The Bertz CT molecular complexity index is 1320. The molecule has 0 saturated heterocycles. The fourth-order valence-corrected chi connectivity index (χ4v) is 3.49. The highest BCUT2D eigenvalue weighted by Gasteiger charge is 2.19. The molecular formula is C26H26F2N6O. The first-order valence-electron chi connectivity index (χ1n) is 11.2. The summed E-state index contributed by atoms with van der Waals surface area (Å²) < 4.78 is 33.3. The van der Waals surface area contributed by atoms with Crippen LogP contribution in [0.3, 0.4) is 0 Å². The number of benzene rings is 2. The zero-order valence-corrected chi connectivity index (χ0v) is 19.6. The fourth-order valence-electron chi connectivity index (χ4n) is 3.49. The number of hydrogen-bond donors (Lipinski definition) is 2. The maximum absolute atomic E-state index is 14.2. The van der Waals surface area contributed by atoms with Gasteiger partial charge in [0.05, 0.1) is 11.9 Å². The van der Waals surface area contributed by atoms with Crippen molar-refractivity contribution in [1.29, 1.82) is 0 Å². The van der Waals surface area contributed by atoms with Crippen molar-refractivity contribution >= 4 is 17.2 Å². The standard InChI is InChI=1S/C26H26F2N6O/c1-4-12-30-19-10-8-18(9-11-19)23-13-20(35-33-23)14-34-15-24(16(2)26(29)32-34)31-17(3)21-6-5-7-22(27)25(21)28/h5-11,13,15,30H,2,4,12,14H2,1,3H3,(H2,29,32). The monoisotopic (exact) mass is 476 g/mol. The number of hydrazone groups is 1. The van der Waals surface area contributed by atoms with Gasteiger partial charge in [-0.3, -0.25) is 10.0 Å². The van der Waals surface area contributed by atoms with E-state index in [4.69, 9.17) is 10.3 Å². The summed E-state index contributed by atoms with van der Waals surface area (Å²) in [7, 11) is 0. The fraction of sp³-hybridized carbons (Fsp3) is 0.192. The Labute approximate surface area is 202 Å². The Morgan fingerprint density at radius 3 is 2.71 bits per heavy atom. The van der Waals surface area contributed by atoms with E-state index in [9.17, 15) is 8.78 Å². The second-order valence-electron chi connectivity index (χ2n) is 8.06. The predicted molar refractivity (Wildman–Crippen MR) is 134 cm³/mol. The van der Waals surface area contributed by atoms with E-state index >= 15 is 0 Å². The van der Waals surface area contributed by atoms with Gasteiger partial charge in [-0.2, -0.15) is 5.10 Å². The summed E-state index contributed by atoms with van der Waals surface area (Å²) in [5.41, 5.74) is 9.80. The molecule has 0 radical (unpaired) electrons. The van der Waals surface area contributed by atoms with Crippen LogP contribution in [-0.2, 0) is 6.54 Å². The number of nitrogens with zero attached hydrogens (tertiary/aromatic N) is 4. The smallest absolute Gasteiger partial charge is 0.167 e. The Kier molecular flexibility index (Phi) is 7.05. The van der Waals surface area contributed by atoms with Crippen LogP contribution in [0.15, 0.2) is 87.2 Å². The second-order valence-corrected chi connectivity index (χ2v) is 8.06. The lowest BCUT2D eigenvalue weighted by atomic mass is 10.1. The van der Waals surface area contributed by atoms with Crippen molar-refractivity contribution in [3.05, 3.63) is 95.5 Å². The van der Waals surface area contributed by atoms with Gasteiger partial charge in [0.1, 0.15) is 12.2 Å². The SMILES string of the molecule is C=C1C(N=C(C)c2cccc(F)c2F)=CN(Cc2cc(-c3ccc(NCCC)cc3)no2)N=C1N. The van der Waals surface area contributed by atoms with E-state index in [0.29, 0.717) is 22.7 Å². The topological polar surface area (TPSA) is 92.0 Å². The van der Waals surface area contributed by atoms with E-state index in [1.54, 1.807) is 18.1 Å². The lowest BCUT2D eigenvalue weighted by molar-refractivity contribution is 0.304. The number of anilines is 1. The highest BCUT2D eigenvalue weighted by Crippen LogP contribution is 2.25. The zero-order valence-electron chi connectivity index (χ0n) is 19.6. The molecule has 1 aliphatic heterocycles. The number of halogens is 2. The molecule has 0 bridgehead atoms. The Morgan fingerprint density at radius 2 is 1.97 bits per heavy atom. The molecule has 35 heavy (non-hydrogen) atoms. The number of hydrogen-bond acceptors (Lipinski definition) is 7. The van der Waals surface area contributed by atoms with E-state index in [2.05, 4.69) is 34.1 Å². The van der Waals surface area contributed by atoms with Crippen molar-refractivity contribution in [2.45, 2.75) is 26.8 Å². The maximum atomic E-state index is 14.2. The van der Waals surface area contributed by atoms with E-state index in [1.165, 1.54) is 12.1 Å². The van der Waals surface area contributed by atoms with Gasteiger partial charge in [-0.1, -0.05) is 36.9 Å². The molecule has 2 aromatic carbocycles. The lowest BCUT2D eigenvalue weighted by Crippen LogP contribution is -2.26. The molecule has 1 aromatic heterocycles. The third-order valence-electron chi connectivity index (χ3n) is 5.39. The quantitative estimate of drug-likeness (QED) is 0.423. The first-order chi connectivity index (χ1) is 16.9. The molecule has 0 unspecified atom stereocenters. The van der Waals surface area contributed by atoms with Crippen LogP contribution < -0.4 is 11.1 Å². The molecule has 0 aliphatic carbocycles. The average Bonchev–Trinajstić information content (AvgIpc) is 3.31. The minimum Gasteiger partial charge on any atom is -0.385 e. The van der Waals surface area contributed by atoms with Gasteiger partial charge in [-0.25, -0.2) is 8.78 Å². The van der Waals surface area contributed by atoms with Crippen LogP contribution in [0.25, 0.3) is 11.3 Å². The summed E-state index contributed by atoms with van der Waals surface area (Å²) in [6, 6.07) is 13.7. The van der Waals surface area contributed by atoms with Crippen molar-refractivity contribution in [3.8, 4) is 11.3 Å². The highest BCUT2D eigenvalue weighted by molar-refractivity contribution is 6.04. The van der Waals surface area contributed by atoms with E-state index in [0.717, 1.165) is 30.3 Å². The third kappa shape index (κ3) is 5.46. The molecule has 0 fully saturated rings. The second kappa shape index (κ2) is 10.3. The number of nitrogens with one attached hydrogen (secondary N) is 1. The van der Waals surface area contributed by atoms with Gasteiger partial charge >= 0.3 is 0 Å².